The summed E-state index contributed by atoms with van der Waals surface area (Å²) in [6, 6.07) is 10.3. The highest BCUT2D eigenvalue weighted by Gasteiger charge is 2.36. The molecular formula is C21H19NO4S. The Morgan fingerprint density at radius 1 is 1.19 bits per heavy atom. The summed E-state index contributed by atoms with van der Waals surface area (Å²) >= 11 is 1.36. The van der Waals surface area contributed by atoms with Crippen LogP contribution in [-0.4, -0.2) is 24.4 Å². The van der Waals surface area contributed by atoms with Crippen LogP contribution in [-0.2, 0) is 27.2 Å². The third-order valence-corrected chi connectivity index (χ3v) is 6.25. The summed E-state index contributed by atoms with van der Waals surface area (Å²) in [7, 11) is 0. The number of nitrogens with zero attached hydrogens (tertiary/aromatic N) is 1. The summed E-state index contributed by atoms with van der Waals surface area (Å²) in [4.78, 5) is 39.2. The molecule has 0 spiro atoms. The molecule has 0 saturated carbocycles. The fourth-order valence-electron chi connectivity index (χ4n) is 3.75. The van der Waals surface area contributed by atoms with Gasteiger partial charge in [-0.15, -0.1) is 11.3 Å². The van der Waals surface area contributed by atoms with E-state index in [-0.39, 0.29) is 6.61 Å². The fraction of sp³-hybridized carbons (Fsp3) is 0.286. The first-order valence-corrected chi connectivity index (χ1v) is 9.84. The lowest BCUT2D eigenvalue weighted by molar-refractivity contribution is -0.119. The topological polar surface area (TPSA) is 63.7 Å². The molecule has 5 nitrogen and oxygen atoms in total. The molecule has 2 heterocycles. The van der Waals surface area contributed by atoms with Crippen molar-refractivity contribution in [3.63, 3.8) is 0 Å². The molecular weight excluding hydrogens is 362 g/mol. The van der Waals surface area contributed by atoms with E-state index in [1.54, 1.807) is 6.92 Å². The Morgan fingerprint density at radius 2 is 1.89 bits per heavy atom. The predicted octanol–water partition coefficient (Wildman–Crippen LogP) is 3.63. The number of hydrogen-bond donors (Lipinski definition) is 0. The van der Waals surface area contributed by atoms with Crippen molar-refractivity contribution in [1.82, 2.24) is 0 Å². The first-order valence-electron chi connectivity index (χ1n) is 9.02. The normalized spacial score (nSPS) is 18.7. The van der Waals surface area contributed by atoms with Crippen LogP contribution in [0, 0.1) is 0 Å². The van der Waals surface area contributed by atoms with Gasteiger partial charge in [0.25, 0.3) is 11.8 Å². The molecule has 1 unspecified atom stereocenters. The Morgan fingerprint density at radius 3 is 2.56 bits per heavy atom. The highest BCUT2D eigenvalue weighted by atomic mass is 32.1. The average molecular weight is 381 g/mol. The van der Waals surface area contributed by atoms with Crippen LogP contribution in [0.15, 0.2) is 42.5 Å². The maximum atomic E-state index is 12.6. The van der Waals surface area contributed by atoms with Gasteiger partial charge >= 0.3 is 5.97 Å². The van der Waals surface area contributed by atoms with E-state index in [1.165, 1.54) is 29.1 Å². The monoisotopic (exact) mass is 381 g/mol. The number of ether oxygens (including phenoxy) is 1. The van der Waals surface area contributed by atoms with Gasteiger partial charge in [0.1, 0.15) is 5.00 Å². The summed E-state index contributed by atoms with van der Waals surface area (Å²) < 4.78 is 5.23. The van der Waals surface area contributed by atoms with Crippen molar-refractivity contribution in [2.75, 3.05) is 11.5 Å². The van der Waals surface area contributed by atoms with E-state index in [0.717, 1.165) is 34.6 Å². The van der Waals surface area contributed by atoms with Crippen LogP contribution in [0.5, 0.6) is 0 Å². The summed E-state index contributed by atoms with van der Waals surface area (Å²) in [5, 5.41) is 0.396. The van der Waals surface area contributed by atoms with Gasteiger partial charge in [-0.25, -0.2) is 9.69 Å². The maximum absolute atomic E-state index is 12.6. The molecule has 1 aliphatic heterocycles. The SMILES string of the molecule is CCOC(=O)c1c(N2C(=O)C=CC2=O)sc2c1CCC(c1ccccc1)C2. The summed E-state index contributed by atoms with van der Waals surface area (Å²) in [6.07, 6.45) is 4.91. The smallest absolute Gasteiger partial charge is 0.341 e. The van der Waals surface area contributed by atoms with Gasteiger partial charge in [-0.2, -0.15) is 0 Å². The number of esters is 1. The molecule has 27 heavy (non-hydrogen) atoms. The van der Waals surface area contributed by atoms with Gasteiger partial charge in [0.05, 0.1) is 12.2 Å². The van der Waals surface area contributed by atoms with Crippen LogP contribution in [0.1, 0.15) is 45.6 Å². The molecule has 0 N–H and O–H groups in total. The third-order valence-electron chi connectivity index (χ3n) is 5.01. The standard InChI is InChI=1S/C21H19NO4S/c1-2-26-21(25)19-15-9-8-14(13-6-4-3-5-7-13)12-16(15)27-20(19)22-17(23)10-11-18(22)24/h3-7,10-11,14H,2,8-9,12H2,1H3. The Labute approximate surface area is 161 Å². The van der Waals surface area contributed by atoms with Gasteiger partial charge in [-0.05, 0) is 43.2 Å². The second-order valence-corrected chi connectivity index (χ2v) is 7.68. The molecule has 6 heteroatoms. The van der Waals surface area contributed by atoms with E-state index < -0.39 is 17.8 Å². The molecule has 138 valence electrons. The van der Waals surface area contributed by atoms with Crippen molar-refractivity contribution >= 4 is 34.1 Å². The number of benzene rings is 1. The Bertz CT molecular complexity index is 927. The molecule has 4 rings (SSSR count). The molecule has 1 aromatic carbocycles. The largest absolute Gasteiger partial charge is 0.462 e. The number of carbonyl (C=O) groups is 3. The van der Waals surface area contributed by atoms with Gasteiger partial charge < -0.3 is 4.74 Å². The Hall–Kier alpha value is -2.73. The molecule has 2 aliphatic rings. The van der Waals surface area contributed by atoms with Gasteiger partial charge in [0.2, 0.25) is 0 Å². The van der Waals surface area contributed by atoms with Crippen LogP contribution in [0.4, 0.5) is 5.00 Å². The second-order valence-electron chi connectivity index (χ2n) is 6.60. The minimum absolute atomic E-state index is 0.246. The van der Waals surface area contributed by atoms with Crippen molar-refractivity contribution in [3.8, 4) is 0 Å². The number of anilines is 1. The van der Waals surface area contributed by atoms with Crippen LogP contribution in [0.25, 0.3) is 0 Å². The minimum atomic E-state index is -0.462. The Kier molecular flexibility index (Phi) is 4.66. The number of hydrogen-bond acceptors (Lipinski definition) is 5. The molecule has 0 bridgehead atoms. The zero-order chi connectivity index (χ0) is 19.0. The lowest BCUT2D eigenvalue weighted by Crippen LogP contribution is -2.30. The van der Waals surface area contributed by atoms with Crippen molar-refractivity contribution in [2.24, 2.45) is 0 Å². The number of amides is 2. The number of fused-ring (bicyclic) bond motifs is 1. The van der Waals surface area contributed by atoms with E-state index in [0.29, 0.717) is 16.5 Å². The van der Waals surface area contributed by atoms with Crippen molar-refractivity contribution in [1.29, 1.82) is 0 Å². The van der Waals surface area contributed by atoms with Crippen molar-refractivity contribution in [2.45, 2.75) is 32.1 Å². The van der Waals surface area contributed by atoms with Crippen LogP contribution >= 0.6 is 11.3 Å². The average Bonchev–Trinajstić information content (AvgIpc) is 3.21. The molecule has 1 aliphatic carbocycles. The zero-order valence-electron chi connectivity index (χ0n) is 14.9. The summed E-state index contributed by atoms with van der Waals surface area (Å²) in [5.41, 5.74) is 2.58. The van der Waals surface area contributed by atoms with Gasteiger partial charge in [0, 0.05) is 17.0 Å². The molecule has 1 atom stereocenters. The lowest BCUT2D eigenvalue weighted by Gasteiger charge is -2.23. The first-order chi connectivity index (χ1) is 13.1. The molecule has 2 aromatic rings. The van der Waals surface area contributed by atoms with E-state index in [2.05, 4.69) is 12.1 Å². The zero-order valence-corrected chi connectivity index (χ0v) is 15.8. The minimum Gasteiger partial charge on any atom is -0.462 e. The Balaban J connectivity index is 1.75. The van der Waals surface area contributed by atoms with Crippen LogP contribution in [0.3, 0.4) is 0 Å². The quantitative estimate of drug-likeness (QED) is 0.599. The number of imide groups is 1. The highest BCUT2D eigenvalue weighted by Crippen LogP contribution is 2.44. The molecule has 0 saturated heterocycles. The molecule has 1 aromatic heterocycles. The second kappa shape index (κ2) is 7.12. The number of thiophene rings is 1. The highest BCUT2D eigenvalue weighted by molar-refractivity contribution is 7.17. The molecule has 0 radical (unpaired) electrons. The van der Waals surface area contributed by atoms with E-state index >= 15 is 0 Å². The van der Waals surface area contributed by atoms with Crippen molar-refractivity contribution in [3.05, 3.63) is 64.1 Å². The maximum Gasteiger partial charge on any atom is 0.341 e. The molecule has 0 fully saturated rings. The van der Waals surface area contributed by atoms with Gasteiger partial charge in [0.15, 0.2) is 0 Å². The van der Waals surface area contributed by atoms with Gasteiger partial charge in [-0.3, -0.25) is 9.59 Å². The molecule has 2 amide bonds. The van der Waals surface area contributed by atoms with E-state index in [1.807, 2.05) is 18.2 Å². The third kappa shape index (κ3) is 3.10. The van der Waals surface area contributed by atoms with Gasteiger partial charge in [-0.1, -0.05) is 30.3 Å². The van der Waals surface area contributed by atoms with Crippen LogP contribution < -0.4 is 4.90 Å². The summed E-state index contributed by atoms with van der Waals surface area (Å²) in [5.74, 6) is -0.925. The number of carbonyl (C=O) groups excluding carboxylic acids is 3. The van der Waals surface area contributed by atoms with E-state index in [4.69, 9.17) is 4.74 Å². The fourth-order valence-corrected chi connectivity index (χ4v) is 5.18. The lowest BCUT2D eigenvalue weighted by atomic mass is 9.83. The van der Waals surface area contributed by atoms with Crippen LogP contribution in [0.2, 0.25) is 0 Å². The van der Waals surface area contributed by atoms with E-state index in [9.17, 15) is 14.4 Å². The number of rotatable bonds is 4. The first kappa shape index (κ1) is 17.7. The predicted molar refractivity (Wildman–Crippen MR) is 103 cm³/mol. The summed E-state index contributed by atoms with van der Waals surface area (Å²) in [6.45, 7) is 1.99. The van der Waals surface area contributed by atoms with Crippen molar-refractivity contribution < 1.29 is 19.1 Å².